The number of rotatable bonds is 7. The maximum Gasteiger partial charge on any atom is 0.223 e. The van der Waals surface area contributed by atoms with Gasteiger partial charge in [0.1, 0.15) is 0 Å². The number of hydrogen-bond donors (Lipinski definition) is 2. The second-order valence-corrected chi connectivity index (χ2v) is 5.94. The SMILES string of the molecule is CC(COCc1ccccc1)NC(=O)[C@@H]1CCC[C@@H]1CN. The van der Waals surface area contributed by atoms with Crippen molar-refractivity contribution in [3.8, 4) is 0 Å². The van der Waals surface area contributed by atoms with Crippen LogP contribution in [0.25, 0.3) is 0 Å². The first-order valence-corrected chi connectivity index (χ1v) is 7.82. The third-order valence-electron chi connectivity index (χ3n) is 4.17. The van der Waals surface area contributed by atoms with Gasteiger partial charge in [0.15, 0.2) is 0 Å². The number of hydrogen-bond acceptors (Lipinski definition) is 3. The van der Waals surface area contributed by atoms with E-state index in [-0.39, 0.29) is 17.9 Å². The Morgan fingerprint density at radius 1 is 1.38 bits per heavy atom. The van der Waals surface area contributed by atoms with Crippen LogP contribution in [0.4, 0.5) is 0 Å². The van der Waals surface area contributed by atoms with Crippen molar-refractivity contribution in [1.82, 2.24) is 5.32 Å². The molecule has 1 saturated carbocycles. The van der Waals surface area contributed by atoms with E-state index in [1.54, 1.807) is 0 Å². The number of benzene rings is 1. The Morgan fingerprint density at radius 2 is 2.14 bits per heavy atom. The first kappa shape index (κ1) is 16.0. The number of carbonyl (C=O) groups is 1. The molecule has 1 amide bonds. The summed E-state index contributed by atoms with van der Waals surface area (Å²) in [4.78, 5) is 12.2. The predicted molar refractivity (Wildman–Crippen MR) is 83.6 cm³/mol. The molecule has 0 aromatic heterocycles. The smallest absolute Gasteiger partial charge is 0.223 e. The minimum atomic E-state index is 0.0280. The predicted octanol–water partition coefficient (Wildman–Crippen LogP) is 2.08. The standard InChI is InChI=1S/C17H26N2O2/c1-13(11-21-12-14-6-3-2-4-7-14)19-17(20)16-9-5-8-15(16)10-18/h2-4,6-7,13,15-16H,5,8-12,18H2,1H3,(H,19,20)/t13?,15-,16-/m1/s1. The number of ether oxygens (including phenoxy) is 1. The highest BCUT2D eigenvalue weighted by atomic mass is 16.5. The van der Waals surface area contributed by atoms with Crippen molar-refractivity contribution in [2.75, 3.05) is 13.2 Å². The highest BCUT2D eigenvalue weighted by Crippen LogP contribution is 2.30. The average Bonchev–Trinajstić information content (AvgIpc) is 2.97. The van der Waals surface area contributed by atoms with E-state index in [2.05, 4.69) is 5.32 Å². The second-order valence-electron chi connectivity index (χ2n) is 5.94. The summed E-state index contributed by atoms with van der Waals surface area (Å²) in [6.45, 7) is 3.70. The van der Waals surface area contributed by atoms with E-state index in [0.29, 0.717) is 25.7 Å². The van der Waals surface area contributed by atoms with Crippen LogP contribution in [0.2, 0.25) is 0 Å². The van der Waals surface area contributed by atoms with Crippen LogP contribution in [0, 0.1) is 11.8 Å². The molecule has 1 unspecified atom stereocenters. The minimum absolute atomic E-state index is 0.0280. The van der Waals surface area contributed by atoms with Crippen LogP contribution in [-0.4, -0.2) is 25.1 Å². The van der Waals surface area contributed by atoms with Crippen LogP contribution < -0.4 is 11.1 Å². The van der Waals surface area contributed by atoms with Crippen molar-refractivity contribution in [3.63, 3.8) is 0 Å². The zero-order chi connectivity index (χ0) is 15.1. The molecule has 116 valence electrons. The van der Waals surface area contributed by atoms with Crippen molar-refractivity contribution in [1.29, 1.82) is 0 Å². The van der Waals surface area contributed by atoms with E-state index in [9.17, 15) is 4.79 Å². The number of carbonyl (C=O) groups excluding carboxylic acids is 1. The third kappa shape index (κ3) is 4.83. The zero-order valence-corrected chi connectivity index (χ0v) is 12.8. The largest absolute Gasteiger partial charge is 0.375 e. The molecule has 4 nitrogen and oxygen atoms in total. The van der Waals surface area contributed by atoms with Gasteiger partial charge in [0.25, 0.3) is 0 Å². The van der Waals surface area contributed by atoms with Crippen molar-refractivity contribution in [3.05, 3.63) is 35.9 Å². The second kappa shape index (κ2) is 8.15. The molecule has 21 heavy (non-hydrogen) atoms. The molecule has 1 aliphatic rings. The zero-order valence-electron chi connectivity index (χ0n) is 12.8. The van der Waals surface area contributed by atoms with Crippen LogP contribution in [0.15, 0.2) is 30.3 Å². The van der Waals surface area contributed by atoms with Crippen molar-refractivity contribution < 1.29 is 9.53 Å². The summed E-state index contributed by atoms with van der Waals surface area (Å²) >= 11 is 0. The molecule has 4 heteroatoms. The Bertz CT molecular complexity index is 436. The molecule has 0 radical (unpaired) electrons. The third-order valence-corrected chi connectivity index (χ3v) is 4.17. The van der Waals surface area contributed by atoms with Crippen molar-refractivity contribution in [2.45, 2.75) is 38.8 Å². The lowest BCUT2D eigenvalue weighted by Gasteiger charge is -2.21. The summed E-state index contributed by atoms with van der Waals surface area (Å²) in [6, 6.07) is 10.1. The fourth-order valence-electron chi connectivity index (χ4n) is 2.98. The van der Waals surface area contributed by atoms with Crippen molar-refractivity contribution >= 4 is 5.91 Å². The molecule has 0 saturated heterocycles. The highest BCUT2D eigenvalue weighted by Gasteiger charge is 2.32. The van der Waals surface area contributed by atoms with Crippen LogP contribution in [0.1, 0.15) is 31.7 Å². The van der Waals surface area contributed by atoms with Gasteiger partial charge in [-0.25, -0.2) is 0 Å². The Kier molecular flexibility index (Phi) is 6.21. The van der Waals surface area contributed by atoms with Crippen molar-refractivity contribution in [2.24, 2.45) is 17.6 Å². The fraction of sp³-hybridized carbons (Fsp3) is 0.588. The van der Waals surface area contributed by atoms with Gasteiger partial charge in [-0.3, -0.25) is 4.79 Å². The van der Waals surface area contributed by atoms with Gasteiger partial charge in [-0.1, -0.05) is 36.8 Å². The number of nitrogens with two attached hydrogens (primary N) is 1. The van der Waals surface area contributed by atoms with Gasteiger partial charge in [0, 0.05) is 12.0 Å². The van der Waals surface area contributed by atoms with Crippen LogP contribution in [-0.2, 0) is 16.1 Å². The summed E-state index contributed by atoms with van der Waals surface area (Å²) in [5.41, 5.74) is 6.88. The number of amides is 1. The summed E-state index contributed by atoms with van der Waals surface area (Å²) in [5.74, 6) is 0.577. The molecule has 3 N–H and O–H groups in total. The Morgan fingerprint density at radius 3 is 2.86 bits per heavy atom. The van der Waals surface area contributed by atoms with E-state index in [1.165, 1.54) is 0 Å². The lowest BCUT2D eigenvalue weighted by Crippen LogP contribution is -2.41. The number of nitrogens with one attached hydrogen (secondary N) is 1. The Labute approximate surface area is 127 Å². The summed E-state index contributed by atoms with van der Waals surface area (Å²) in [7, 11) is 0. The minimum Gasteiger partial charge on any atom is -0.375 e. The van der Waals surface area contributed by atoms with E-state index in [0.717, 1.165) is 24.8 Å². The lowest BCUT2D eigenvalue weighted by atomic mass is 9.95. The summed E-state index contributed by atoms with van der Waals surface area (Å²) in [5, 5.41) is 3.05. The lowest BCUT2D eigenvalue weighted by molar-refractivity contribution is -0.127. The van der Waals surface area contributed by atoms with Crippen LogP contribution in [0.5, 0.6) is 0 Å². The molecular formula is C17H26N2O2. The van der Waals surface area contributed by atoms with Crippen LogP contribution in [0.3, 0.4) is 0 Å². The molecule has 0 spiro atoms. The Hall–Kier alpha value is -1.39. The van der Waals surface area contributed by atoms with E-state index in [1.807, 2.05) is 37.3 Å². The molecule has 1 aromatic rings. The normalized spacial score (nSPS) is 23.0. The van der Waals surface area contributed by atoms with Crippen LogP contribution >= 0.6 is 0 Å². The van der Waals surface area contributed by atoms with Gasteiger partial charge in [-0.2, -0.15) is 0 Å². The van der Waals surface area contributed by atoms with Gasteiger partial charge in [-0.15, -0.1) is 0 Å². The molecular weight excluding hydrogens is 264 g/mol. The van der Waals surface area contributed by atoms with E-state index < -0.39 is 0 Å². The van der Waals surface area contributed by atoms with Gasteiger partial charge in [0.05, 0.1) is 13.2 Å². The summed E-state index contributed by atoms with van der Waals surface area (Å²) < 4.78 is 5.66. The van der Waals surface area contributed by atoms with Gasteiger partial charge in [0.2, 0.25) is 5.91 Å². The maximum atomic E-state index is 12.2. The first-order valence-electron chi connectivity index (χ1n) is 7.82. The molecule has 2 rings (SSSR count). The Balaban J connectivity index is 1.69. The van der Waals surface area contributed by atoms with Gasteiger partial charge in [-0.05, 0) is 37.8 Å². The highest BCUT2D eigenvalue weighted by molar-refractivity contribution is 5.79. The molecule has 1 fully saturated rings. The summed E-state index contributed by atoms with van der Waals surface area (Å²) in [6.07, 6.45) is 3.15. The molecule has 0 aliphatic heterocycles. The average molecular weight is 290 g/mol. The topological polar surface area (TPSA) is 64.3 Å². The van der Waals surface area contributed by atoms with Gasteiger partial charge < -0.3 is 15.8 Å². The molecule has 3 atom stereocenters. The van der Waals surface area contributed by atoms with Gasteiger partial charge >= 0.3 is 0 Å². The fourth-order valence-corrected chi connectivity index (χ4v) is 2.98. The molecule has 1 aromatic carbocycles. The monoisotopic (exact) mass is 290 g/mol. The quantitative estimate of drug-likeness (QED) is 0.808. The maximum absolute atomic E-state index is 12.2. The van der Waals surface area contributed by atoms with E-state index >= 15 is 0 Å². The first-order chi connectivity index (χ1) is 10.2. The molecule has 1 aliphatic carbocycles. The molecule has 0 bridgehead atoms. The molecule has 0 heterocycles. The van der Waals surface area contributed by atoms with E-state index in [4.69, 9.17) is 10.5 Å².